The average molecular weight is 257 g/mol. The van der Waals surface area contributed by atoms with Crippen molar-refractivity contribution in [3.05, 3.63) is 47.7 Å². The van der Waals surface area contributed by atoms with Crippen LogP contribution in [0.25, 0.3) is 0 Å². The molecular formula is C15H19N3O. The normalized spacial score (nSPS) is 10.3. The van der Waals surface area contributed by atoms with Crippen LogP contribution in [0.2, 0.25) is 0 Å². The van der Waals surface area contributed by atoms with E-state index in [9.17, 15) is 0 Å². The van der Waals surface area contributed by atoms with Gasteiger partial charge in [0.05, 0.1) is 19.0 Å². The van der Waals surface area contributed by atoms with E-state index >= 15 is 0 Å². The van der Waals surface area contributed by atoms with Gasteiger partial charge in [0.2, 0.25) is 0 Å². The van der Waals surface area contributed by atoms with Crippen LogP contribution in [0, 0.1) is 6.92 Å². The summed E-state index contributed by atoms with van der Waals surface area (Å²) in [4.78, 5) is 6.49. The predicted molar refractivity (Wildman–Crippen MR) is 78.5 cm³/mol. The molecule has 100 valence electrons. The Morgan fingerprint density at radius 1 is 1.32 bits per heavy atom. The van der Waals surface area contributed by atoms with Crippen molar-refractivity contribution in [2.24, 2.45) is 0 Å². The van der Waals surface area contributed by atoms with E-state index in [-0.39, 0.29) is 0 Å². The summed E-state index contributed by atoms with van der Waals surface area (Å²) in [6.45, 7) is 2.79. The van der Waals surface area contributed by atoms with E-state index < -0.39 is 0 Å². The Bertz CT molecular complexity index is 569. The lowest BCUT2D eigenvalue weighted by molar-refractivity contribution is 0.414. The fourth-order valence-corrected chi connectivity index (χ4v) is 2.11. The third-order valence-corrected chi connectivity index (χ3v) is 2.99. The molecule has 1 aromatic heterocycles. The predicted octanol–water partition coefficient (Wildman–Crippen LogP) is 2.62. The second-order valence-corrected chi connectivity index (χ2v) is 4.62. The van der Waals surface area contributed by atoms with Crippen LogP contribution in [0.5, 0.6) is 5.75 Å². The molecule has 0 aliphatic carbocycles. The number of aryl methyl sites for hydroxylation is 1. The van der Waals surface area contributed by atoms with Gasteiger partial charge < -0.3 is 15.4 Å². The monoisotopic (exact) mass is 257 g/mol. The molecular weight excluding hydrogens is 238 g/mol. The number of ether oxygens (including phenoxy) is 1. The van der Waals surface area contributed by atoms with Crippen LogP contribution in [-0.4, -0.2) is 19.1 Å². The molecule has 0 radical (unpaired) electrons. The number of aromatic nitrogens is 1. The minimum absolute atomic E-state index is 0.691. The summed E-state index contributed by atoms with van der Waals surface area (Å²) in [5.41, 5.74) is 8.67. The topological polar surface area (TPSA) is 51.4 Å². The fourth-order valence-electron chi connectivity index (χ4n) is 2.11. The SMILES string of the molecule is COc1cccc(CN(C)c2ncc(N)cc2C)c1. The molecule has 0 bridgehead atoms. The van der Waals surface area contributed by atoms with Gasteiger partial charge in [-0.2, -0.15) is 0 Å². The van der Waals surface area contributed by atoms with Crippen LogP contribution in [0.4, 0.5) is 11.5 Å². The van der Waals surface area contributed by atoms with E-state index in [0.717, 1.165) is 23.7 Å². The standard InChI is InChI=1S/C15H19N3O/c1-11-7-13(16)9-17-15(11)18(2)10-12-5-4-6-14(8-12)19-3/h4-9H,10,16H2,1-3H3. The van der Waals surface area contributed by atoms with Crippen molar-refractivity contribution >= 4 is 11.5 Å². The van der Waals surface area contributed by atoms with E-state index in [1.165, 1.54) is 5.56 Å². The lowest BCUT2D eigenvalue weighted by Gasteiger charge is -2.20. The molecule has 0 saturated carbocycles. The molecule has 0 spiro atoms. The van der Waals surface area contributed by atoms with Gasteiger partial charge in [-0.15, -0.1) is 0 Å². The maximum Gasteiger partial charge on any atom is 0.131 e. The summed E-state index contributed by atoms with van der Waals surface area (Å²) < 4.78 is 5.23. The molecule has 19 heavy (non-hydrogen) atoms. The number of nitrogen functional groups attached to an aromatic ring is 1. The second-order valence-electron chi connectivity index (χ2n) is 4.62. The summed E-state index contributed by atoms with van der Waals surface area (Å²) in [5.74, 6) is 1.81. The molecule has 4 heteroatoms. The lowest BCUT2D eigenvalue weighted by Crippen LogP contribution is -2.18. The summed E-state index contributed by atoms with van der Waals surface area (Å²) >= 11 is 0. The first-order chi connectivity index (χ1) is 9.10. The number of rotatable bonds is 4. The molecule has 1 heterocycles. The van der Waals surface area contributed by atoms with Crippen molar-refractivity contribution < 1.29 is 4.74 Å². The maximum absolute atomic E-state index is 5.72. The summed E-state index contributed by atoms with van der Waals surface area (Å²) in [6.07, 6.45) is 1.68. The molecule has 1 aromatic carbocycles. The van der Waals surface area contributed by atoms with Crippen molar-refractivity contribution in [2.75, 3.05) is 24.8 Å². The highest BCUT2D eigenvalue weighted by atomic mass is 16.5. The van der Waals surface area contributed by atoms with Crippen LogP contribution in [0.1, 0.15) is 11.1 Å². The van der Waals surface area contributed by atoms with Gasteiger partial charge in [-0.3, -0.25) is 0 Å². The van der Waals surface area contributed by atoms with Gasteiger partial charge in [-0.1, -0.05) is 12.1 Å². The summed E-state index contributed by atoms with van der Waals surface area (Å²) in [5, 5.41) is 0. The van der Waals surface area contributed by atoms with Gasteiger partial charge in [0, 0.05) is 13.6 Å². The van der Waals surface area contributed by atoms with Crippen molar-refractivity contribution in [1.29, 1.82) is 0 Å². The third kappa shape index (κ3) is 3.16. The van der Waals surface area contributed by atoms with Gasteiger partial charge in [0.15, 0.2) is 0 Å². The quantitative estimate of drug-likeness (QED) is 0.914. The maximum atomic E-state index is 5.72. The molecule has 0 fully saturated rings. The zero-order valence-corrected chi connectivity index (χ0v) is 11.6. The molecule has 2 rings (SSSR count). The Hall–Kier alpha value is -2.23. The minimum Gasteiger partial charge on any atom is -0.497 e. The zero-order valence-electron chi connectivity index (χ0n) is 11.6. The Morgan fingerprint density at radius 3 is 2.79 bits per heavy atom. The first-order valence-corrected chi connectivity index (χ1v) is 6.16. The van der Waals surface area contributed by atoms with Crippen molar-refractivity contribution in [2.45, 2.75) is 13.5 Å². The highest BCUT2D eigenvalue weighted by Crippen LogP contribution is 2.21. The smallest absolute Gasteiger partial charge is 0.131 e. The van der Waals surface area contributed by atoms with Gasteiger partial charge in [0.1, 0.15) is 11.6 Å². The summed E-state index contributed by atoms with van der Waals surface area (Å²) in [6, 6.07) is 9.97. The highest BCUT2D eigenvalue weighted by Gasteiger charge is 2.07. The highest BCUT2D eigenvalue weighted by molar-refractivity contribution is 5.52. The number of nitrogens with two attached hydrogens (primary N) is 1. The number of anilines is 2. The molecule has 0 unspecified atom stereocenters. The second kappa shape index (κ2) is 5.61. The van der Waals surface area contributed by atoms with Crippen molar-refractivity contribution in [1.82, 2.24) is 4.98 Å². The van der Waals surface area contributed by atoms with E-state index in [1.54, 1.807) is 13.3 Å². The van der Waals surface area contributed by atoms with Gasteiger partial charge in [0.25, 0.3) is 0 Å². The number of hydrogen-bond donors (Lipinski definition) is 1. The van der Waals surface area contributed by atoms with Gasteiger partial charge in [-0.25, -0.2) is 4.98 Å². The Kier molecular flexibility index (Phi) is 3.90. The molecule has 0 amide bonds. The summed E-state index contributed by atoms with van der Waals surface area (Å²) in [7, 11) is 3.69. The van der Waals surface area contributed by atoms with Gasteiger partial charge >= 0.3 is 0 Å². The van der Waals surface area contributed by atoms with Gasteiger partial charge in [-0.05, 0) is 36.2 Å². The van der Waals surface area contributed by atoms with Crippen LogP contribution in [0.15, 0.2) is 36.5 Å². The molecule has 0 atom stereocenters. The van der Waals surface area contributed by atoms with Crippen LogP contribution in [0.3, 0.4) is 0 Å². The lowest BCUT2D eigenvalue weighted by atomic mass is 10.2. The zero-order chi connectivity index (χ0) is 13.8. The largest absolute Gasteiger partial charge is 0.497 e. The molecule has 4 nitrogen and oxygen atoms in total. The molecule has 2 aromatic rings. The third-order valence-electron chi connectivity index (χ3n) is 2.99. The number of nitrogens with zero attached hydrogens (tertiary/aromatic N) is 2. The van der Waals surface area contributed by atoms with E-state index in [4.69, 9.17) is 10.5 Å². The van der Waals surface area contributed by atoms with Crippen LogP contribution in [-0.2, 0) is 6.54 Å². The van der Waals surface area contributed by atoms with Crippen LogP contribution >= 0.6 is 0 Å². The first-order valence-electron chi connectivity index (χ1n) is 6.16. The number of pyridine rings is 1. The van der Waals surface area contributed by atoms with E-state index in [2.05, 4.69) is 16.0 Å². The molecule has 0 aliphatic rings. The Morgan fingerprint density at radius 2 is 2.11 bits per heavy atom. The Balaban J connectivity index is 2.17. The molecule has 0 saturated heterocycles. The number of methoxy groups -OCH3 is 1. The van der Waals surface area contributed by atoms with E-state index in [0.29, 0.717) is 5.69 Å². The fraction of sp³-hybridized carbons (Fsp3) is 0.267. The molecule has 0 aliphatic heterocycles. The Labute approximate surface area is 113 Å². The average Bonchev–Trinajstić information content (AvgIpc) is 2.38. The molecule has 2 N–H and O–H groups in total. The van der Waals surface area contributed by atoms with Crippen LogP contribution < -0.4 is 15.4 Å². The van der Waals surface area contributed by atoms with Crippen molar-refractivity contribution in [3.63, 3.8) is 0 Å². The number of benzene rings is 1. The van der Waals surface area contributed by atoms with E-state index in [1.807, 2.05) is 38.2 Å². The first kappa shape index (κ1) is 13.2. The van der Waals surface area contributed by atoms with Crippen molar-refractivity contribution in [3.8, 4) is 5.75 Å². The minimum atomic E-state index is 0.691. The number of hydrogen-bond acceptors (Lipinski definition) is 4.